The van der Waals surface area contributed by atoms with Gasteiger partial charge in [0.1, 0.15) is 6.04 Å². The molecule has 2 amide bonds. The smallest absolute Gasteiger partial charge is 0.245 e. The average Bonchev–Trinajstić information content (AvgIpc) is 2.90. The highest BCUT2D eigenvalue weighted by molar-refractivity contribution is 5.90. The summed E-state index contributed by atoms with van der Waals surface area (Å²) in [5.41, 5.74) is 2.19. The van der Waals surface area contributed by atoms with Gasteiger partial charge in [0.25, 0.3) is 0 Å². The Balaban J connectivity index is 1.81. The van der Waals surface area contributed by atoms with E-state index in [2.05, 4.69) is 4.98 Å². The highest BCUT2D eigenvalue weighted by Crippen LogP contribution is 2.24. The van der Waals surface area contributed by atoms with Gasteiger partial charge >= 0.3 is 0 Å². The Bertz CT molecular complexity index is 544. The molecule has 2 aliphatic rings. The van der Waals surface area contributed by atoms with Crippen LogP contribution in [0.3, 0.4) is 0 Å². The first-order chi connectivity index (χ1) is 9.66. The summed E-state index contributed by atoms with van der Waals surface area (Å²) < 4.78 is 0. The number of amides is 2. The summed E-state index contributed by atoms with van der Waals surface area (Å²) >= 11 is 0. The van der Waals surface area contributed by atoms with Gasteiger partial charge in [0.2, 0.25) is 11.8 Å². The van der Waals surface area contributed by atoms with Gasteiger partial charge in [-0.25, -0.2) is 0 Å². The van der Waals surface area contributed by atoms with Crippen molar-refractivity contribution in [2.75, 3.05) is 13.1 Å². The van der Waals surface area contributed by atoms with Crippen LogP contribution in [0.15, 0.2) is 18.5 Å². The van der Waals surface area contributed by atoms with Crippen LogP contribution in [0.2, 0.25) is 0 Å². The third kappa shape index (κ3) is 2.28. The fourth-order valence-electron chi connectivity index (χ4n) is 3.04. The Morgan fingerprint density at radius 3 is 3.00 bits per heavy atom. The molecule has 0 N–H and O–H groups in total. The van der Waals surface area contributed by atoms with Gasteiger partial charge in [0, 0.05) is 38.4 Å². The lowest BCUT2D eigenvalue weighted by Crippen LogP contribution is -2.43. The maximum Gasteiger partial charge on any atom is 0.245 e. The second-order valence-electron chi connectivity index (χ2n) is 5.56. The minimum atomic E-state index is -0.234. The van der Waals surface area contributed by atoms with Crippen molar-refractivity contribution in [2.45, 2.75) is 38.8 Å². The molecule has 1 aromatic rings. The Kier molecular flexibility index (Phi) is 3.42. The second-order valence-corrected chi connectivity index (χ2v) is 5.56. The Labute approximate surface area is 118 Å². The molecule has 0 spiro atoms. The van der Waals surface area contributed by atoms with Crippen molar-refractivity contribution in [2.24, 2.45) is 0 Å². The lowest BCUT2D eigenvalue weighted by molar-refractivity contribution is -0.139. The molecule has 3 rings (SSSR count). The van der Waals surface area contributed by atoms with E-state index in [-0.39, 0.29) is 17.9 Å². The zero-order valence-corrected chi connectivity index (χ0v) is 11.7. The third-order valence-electron chi connectivity index (χ3n) is 4.27. The summed E-state index contributed by atoms with van der Waals surface area (Å²) in [7, 11) is 0. The summed E-state index contributed by atoms with van der Waals surface area (Å²) in [6.45, 7) is 3.82. The van der Waals surface area contributed by atoms with Crippen LogP contribution in [0, 0.1) is 6.92 Å². The lowest BCUT2D eigenvalue weighted by atomic mass is 10.1. The number of hydrogen-bond donors (Lipinski definition) is 0. The largest absolute Gasteiger partial charge is 0.336 e. The van der Waals surface area contributed by atoms with Crippen LogP contribution in [0.5, 0.6) is 0 Å². The maximum absolute atomic E-state index is 12.6. The molecule has 0 radical (unpaired) electrons. The van der Waals surface area contributed by atoms with Gasteiger partial charge < -0.3 is 9.80 Å². The molecule has 1 atom stereocenters. The zero-order chi connectivity index (χ0) is 14.1. The molecule has 5 heteroatoms. The number of carbonyl (C=O) groups is 2. The molecule has 3 heterocycles. The SMILES string of the molecule is Cc1ccncc1CN1CCC(=O)N2CCCC2C1=O. The maximum atomic E-state index is 12.6. The predicted octanol–water partition coefficient (Wildman–Crippen LogP) is 1.11. The summed E-state index contributed by atoms with van der Waals surface area (Å²) in [5, 5.41) is 0. The average molecular weight is 273 g/mol. The predicted molar refractivity (Wildman–Crippen MR) is 73.7 cm³/mol. The number of carbonyl (C=O) groups excluding carboxylic acids is 2. The fraction of sp³-hybridized carbons (Fsp3) is 0.533. The van der Waals surface area contributed by atoms with Crippen LogP contribution in [0.1, 0.15) is 30.4 Å². The van der Waals surface area contributed by atoms with Gasteiger partial charge in [0.05, 0.1) is 0 Å². The molecular formula is C15H19N3O2. The molecule has 2 saturated heterocycles. The van der Waals surface area contributed by atoms with E-state index in [4.69, 9.17) is 0 Å². The third-order valence-corrected chi connectivity index (χ3v) is 4.27. The van der Waals surface area contributed by atoms with Crippen LogP contribution >= 0.6 is 0 Å². The summed E-state index contributed by atoms with van der Waals surface area (Å²) in [4.78, 5) is 32.3. The van der Waals surface area contributed by atoms with Crippen LogP contribution in [-0.2, 0) is 16.1 Å². The van der Waals surface area contributed by atoms with E-state index in [0.29, 0.717) is 19.5 Å². The molecule has 0 aromatic carbocycles. The molecule has 1 unspecified atom stereocenters. The monoisotopic (exact) mass is 273 g/mol. The van der Waals surface area contributed by atoms with E-state index >= 15 is 0 Å². The zero-order valence-electron chi connectivity index (χ0n) is 11.7. The van der Waals surface area contributed by atoms with Gasteiger partial charge in [-0.05, 0) is 37.0 Å². The van der Waals surface area contributed by atoms with E-state index < -0.39 is 0 Å². The normalized spacial score (nSPS) is 22.9. The fourth-order valence-corrected chi connectivity index (χ4v) is 3.04. The molecule has 5 nitrogen and oxygen atoms in total. The van der Waals surface area contributed by atoms with Crippen LogP contribution in [-0.4, -0.2) is 45.7 Å². The summed E-state index contributed by atoms with van der Waals surface area (Å²) in [6, 6.07) is 1.71. The van der Waals surface area contributed by atoms with Crippen molar-refractivity contribution in [3.05, 3.63) is 29.6 Å². The number of fused-ring (bicyclic) bond motifs is 1. The molecule has 0 bridgehead atoms. The number of rotatable bonds is 2. The van der Waals surface area contributed by atoms with Crippen LogP contribution < -0.4 is 0 Å². The highest BCUT2D eigenvalue weighted by atomic mass is 16.2. The van der Waals surface area contributed by atoms with Gasteiger partial charge in [-0.1, -0.05) is 0 Å². The van der Waals surface area contributed by atoms with Gasteiger partial charge in [-0.3, -0.25) is 14.6 Å². The van der Waals surface area contributed by atoms with Gasteiger partial charge in [-0.2, -0.15) is 0 Å². The lowest BCUT2D eigenvalue weighted by Gasteiger charge is -2.25. The number of nitrogens with zero attached hydrogens (tertiary/aromatic N) is 3. The topological polar surface area (TPSA) is 53.5 Å². The number of aromatic nitrogens is 1. The van der Waals surface area contributed by atoms with Crippen molar-refractivity contribution in [1.29, 1.82) is 0 Å². The first-order valence-corrected chi connectivity index (χ1v) is 7.14. The standard InChI is InChI=1S/C15H19N3O2/c1-11-4-6-16-9-12(11)10-17-8-5-14(19)18-7-2-3-13(18)15(17)20/h4,6,9,13H,2-3,5,7-8,10H2,1H3. The van der Waals surface area contributed by atoms with Crippen molar-refractivity contribution >= 4 is 11.8 Å². The molecule has 0 saturated carbocycles. The van der Waals surface area contributed by atoms with Crippen molar-refractivity contribution in [3.63, 3.8) is 0 Å². The highest BCUT2D eigenvalue weighted by Gasteiger charge is 2.39. The molecule has 106 valence electrons. The van der Waals surface area contributed by atoms with Gasteiger partial charge in [0.15, 0.2) is 0 Å². The van der Waals surface area contributed by atoms with E-state index in [1.807, 2.05) is 24.1 Å². The number of aryl methyl sites for hydroxylation is 1. The molecule has 0 aliphatic carbocycles. The first-order valence-electron chi connectivity index (χ1n) is 7.14. The Hall–Kier alpha value is -1.91. The summed E-state index contributed by atoms with van der Waals surface area (Å²) in [6.07, 6.45) is 5.73. The Morgan fingerprint density at radius 1 is 1.35 bits per heavy atom. The minimum Gasteiger partial charge on any atom is -0.336 e. The molecule has 1 aromatic heterocycles. The molecule has 2 aliphatic heterocycles. The van der Waals surface area contributed by atoms with Crippen molar-refractivity contribution in [1.82, 2.24) is 14.8 Å². The first kappa shape index (κ1) is 13.1. The minimum absolute atomic E-state index is 0.0941. The second kappa shape index (κ2) is 5.23. The molecule has 20 heavy (non-hydrogen) atoms. The van der Waals surface area contributed by atoms with E-state index in [1.165, 1.54) is 0 Å². The quantitative estimate of drug-likeness (QED) is 0.811. The Morgan fingerprint density at radius 2 is 2.20 bits per heavy atom. The summed E-state index contributed by atoms with van der Waals surface area (Å²) in [5.74, 6) is 0.211. The van der Waals surface area contributed by atoms with Gasteiger partial charge in [-0.15, -0.1) is 0 Å². The molecule has 2 fully saturated rings. The number of hydrogen-bond acceptors (Lipinski definition) is 3. The molecular weight excluding hydrogens is 254 g/mol. The van der Waals surface area contributed by atoms with E-state index in [9.17, 15) is 9.59 Å². The van der Waals surface area contributed by atoms with E-state index in [1.54, 1.807) is 11.1 Å². The van der Waals surface area contributed by atoms with Crippen LogP contribution in [0.25, 0.3) is 0 Å². The van der Waals surface area contributed by atoms with Crippen molar-refractivity contribution in [3.8, 4) is 0 Å². The number of pyridine rings is 1. The van der Waals surface area contributed by atoms with Crippen molar-refractivity contribution < 1.29 is 9.59 Å². The van der Waals surface area contributed by atoms with Crippen LogP contribution in [0.4, 0.5) is 0 Å². The van der Waals surface area contributed by atoms with E-state index in [0.717, 1.165) is 30.5 Å².